The Kier molecular flexibility index (Phi) is 5.12. The molecule has 18 heavy (non-hydrogen) atoms. The fourth-order valence-corrected chi connectivity index (χ4v) is 2.44. The lowest BCUT2D eigenvalue weighted by Crippen LogP contribution is -2.44. The number of hydrogen-bond acceptors (Lipinski definition) is 3. The SMILES string of the molecule is CC(CC(N)=O)NC(=O)C1CCCCC1C(=O)O. The van der Waals surface area contributed by atoms with E-state index in [-0.39, 0.29) is 18.4 Å². The molecule has 1 fully saturated rings. The number of nitrogens with two attached hydrogens (primary N) is 1. The van der Waals surface area contributed by atoms with Gasteiger partial charge in [0.25, 0.3) is 0 Å². The molecule has 0 spiro atoms. The summed E-state index contributed by atoms with van der Waals surface area (Å²) >= 11 is 0. The van der Waals surface area contributed by atoms with Crippen molar-refractivity contribution in [2.75, 3.05) is 0 Å². The molecule has 2 amide bonds. The number of carbonyl (C=O) groups is 3. The van der Waals surface area contributed by atoms with Crippen LogP contribution in [0.1, 0.15) is 39.0 Å². The second-order valence-corrected chi connectivity index (χ2v) is 4.92. The van der Waals surface area contributed by atoms with Gasteiger partial charge in [0.15, 0.2) is 0 Å². The maximum Gasteiger partial charge on any atom is 0.307 e. The fourth-order valence-electron chi connectivity index (χ4n) is 2.44. The van der Waals surface area contributed by atoms with Crippen LogP contribution in [0.15, 0.2) is 0 Å². The van der Waals surface area contributed by atoms with Crippen molar-refractivity contribution in [1.29, 1.82) is 0 Å². The van der Waals surface area contributed by atoms with Gasteiger partial charge in [-0.25, -0.2) is 0 Å². The molecule has 6 heteroatoms. The minimum Gasteiger partial charge on any atom is -0.481 e. The minimum atomic E-state index is -0.919. The Balaban J connectivity index is 2.58. The number of carboxylic acid groups (broad SMARTS) is 1. The number of nitrogens with one attached hydrogen (secondary N) is 1. The van der Waals surface area contributed by atoms with Gasteiger partial charge in [-0.3, -0.25) is 14.4 Å². The average molecular weight is 256 g/mol. The van der Waals surface area contributed by atoms with Crippen LogP contribution in [-0.2, 0) is 14.4 Å². The molecule has 102 valence electrons. The summed E-state index contributed by atoms with van der Waals surface area (Å²) in [6.07, 6.45) is 2.91. The van der Waals surface area contributed by atoms with E-state index in [0.29, 0.717) is 12.8 Å². The van der Waals surface area contributed by atoms with Crippen molar-refractivity contribution in [2.45, 2.75) is 45.1 Å². The van der Waals surface area contributed by atoms with Gasteiger partial charge in [0, 0.05) is 12.5 Å². The van der Waals surface area contributed by atoms with Crippen LogP contribution >= 0.6 is 0 Å². The Morgan fingerprint density at radius 1 is 1.28 bits per heavy atom. The Morgan fingerprint density at radius 2 is 1.83 bits per heavy atom. The number of carboxylic acids is 1. The van der Waals surface area contributed by atoms with Gasteiger partial charge in [-0.05, 0) is 19.8 Å². The second-order valence-electron chi connectivity index (χ2n) is 4.92. The van der Waals surface area contributed by atoms with Crippen molar-refractivity contribution >= 4 is 17.8 Å². The van der Waals surface area contributed by atoms with Crippen molar-refractivity contribution < 1.29 is 19.5 Å². The lowest BCUT2D eigenvalue weighted by molar-refractivity contribution is -0.149. The molecule has 0 bridgehead atoms. The number of rotatable bonds is 5. The van der Waals surface area contributed by atoms with Gasteiger partial charge in [-0.1, -0.05) is 12.8 Å². The maximum atomic E-state index is 12.0. The van der Waals surface area contributed by atoms with Crippen LogP contribution in [-0.4, -0.2) is 28.9 Å². The molecule has 3 unspecified atom stereocenters. The summed E-state index contributed by atoms with van der Waals surface area (Å²) < 4.78 is 0. The number of amides is 2. The normalized spacial score (nSPS) is 25.2. The predicted octanol–water partition coefficient (Wildman–Crippen LogP) is 0.257. The third kappa shape index (κ3) is 4.01. The first-order valence-corrected chi connectivity index (χ1v) is 6.23. The molecule has 1 saturated carbocycles. The summed E-state index contributed by atoms with van der Waals surface area (Å²) in [5.41, 5.74) is 5.04. The molecule has 0 heterocycles. The lowest BCUT2D eigenvalue weighted by atomic mass is 9.78. The third-order valence-corrected chi connectivity index (χ3v) is 3.32. The van der Waals surface area contributed by atoms with Gasteiger partial charge >= 0.3 is 5.97 Å². The molecule has 3 atom stereocenters. The van der Waals surface area contributed by atoms with E-state index in [1.165, 1.54) is 0 Å². The van der Waals surface area contributed by atoms with E-state index in [1.54, 1.807) is 6.92 Å². The third-order valence-electron chi connectivity index (χ3n) is 3.32. The van der Waals surface area contributed by atoms with Crippen LogP contribution < -0.4 is 11.1 Å². The highest BCUT2D eigenvalue weighted by atomic mass is 16.4. The van der Waals surface area contributed by atoms with E-state index in [1.807, 2.05) is 0 Å². The highest BCUT2D eigenvalue weighted by Crippen LogP contribution is 2.30. The molecule has 1 rings (SSSR count). The van der Waals surface area contributed by atoms with Crippen LogP contribution in [0.5, 0.6) is 0 Å². The van der Waals surface area contributed by atoms with Crippen LogP contribution in [0.25, 0.3) is 0 Å². The van der Waals surface area contributed by atoms with E-state index in [2.05, 4.69) is 5.32 Å². The highest BCUT2D eigenvalue weighted by molar-refractivity contribution is 5.85. The molecule has 0 saturated heterocycles. The molecule has 0 aromatic heterocycles. The molecular weight excluding hydrogens is 236 g/mol. The standard InChI is InChI=1S/C12H20N2O4/c1-7(6-10(13)15)14-11(16)8-4-2-3-5-9(8)12(17)18/h7-9H,2-6H2,1H3,(H2,13,15)(H,14,16)(H,17,18). The number of primary amides is 1. The molecule has 4 N–H and O–H groups in total. The van der Waals surface area contributed by atoms with E-state index >= 15 is 0 Å². The molecule has 0 aromatic rings. The number of carbonyl (C=O) groups excluding carboxylic acids is 2. The average Bonchev–Trinajstić information content (AvgIpc) is 2.27. The fraction of sp³-hybridized carbons (Fsp3) is 0.750. The number of aliphatic carboxylic acids is 1. The summed E-state index contributed by atoms with van der Waals surface area (Å²) in [6.45, 7) is 1.68. The topological polar surface area (TPSA) is 109 Å². The van der Waals surface area contributed by atoms with Crippen molar-refractivity contribution in [2.24, 2.45) is 17.6 Å². The van der Waals surface area contributed by atoms with Crippen molar-refractivity contribution in [1.82, 2.24) is 5.32 Å². The zero-order chi connectivity index (χ0) is 13.7. The molecule has 6 nitrogen and oxygen atoms in total. The van der Waals surface area contributed by atoms with E-state index in [0.717, 1.165) is 12.8 Å². The molecule has 0 aromatic carbocycles. The minimum absolute atomic E-state index is 0.0657. The Morgan fingerprint density at radius 3 is 2.33 bits per heavy atom. The smallest absolute Gasteiger partial charge is 0.307 e. The van der Waals surface area contributed by atoms with E-state index < -0.39 is 23.7 Å². The first kappa shape index (κ1) is 14.5. The van der Waals surface area contributed by atoms with Gasteiger partial charge < -0.3 is 16.2 Å². The molecule has 1 aliphatic rings. The van der Waals surface area contributed by atoms with Gasteiger partial charge in [0.1, 0.15) is 0 Å². The van der Waals surface area contributed by atoms with Gasteiger partial charge in [0.05, 0.1) is 11.8 Å². The van der Waals surface area contributed by atoms with E-state index in [4.69, 9.17) is 10.8 Å². The van der Waals surface area contributed by atoms with Crippen molar-refractivity contribution in [3.05, 3.63) is 0 Å². The Labute approximate surface area is 106 Å². The molecule has 0 aliphatic heterocycles. The summed E-state index contributed by atoms with van der Waals surface area (Å²) in [6, 6.07) is -0.355. The monoisotopic (exact) mass is 256 g/mol. The highest BCUT2D eigenvalue weighted by Gasteiger charge is 2.35. The molecular formula is C12H20N2O4. The summed E-state index contributed by atoms with van der Waals surface area (Å²) in [7, 11) is 0. The summed E-state index contributed by atoms with van der Waals surface area (Å²) in [5, 5.41) is 11.7. The van der Waals surface area contributed by atoms with Gasteiger partial charge in [-0.2, -0.15) is 0 Å². The van der Waals surface area contributed by atoms with E-state index in [9.17, 15) is 14.4 Å². The zero-order valence-corrected chi connectivity index (χ0v) is 10.5. The van der Waals surface area contributed by atoms with Gasteiger partial charge in [-0.15, -0.1) is 0 Å². The quantitative estimate of drug-likeness (QED) is 0.655. The van der Waals surface area contributed by atoms with Crippen LogP contribution in [0.3, 0.4) is 0 Å². The van der Waals surface area contributed by atoms with Crippen LogP contribution in [0.2, 0.25) is 0 Å². The van der Waals surface area contributed by atoms with Crippen LogP contribution in [0.4, 0.5) is 0 Å². The van der Waals surface area contributed by atoms with Crippen LogP contribution in [0, 0.1) is 11.8 Å². The second kappa shape index (κ2) is 6.37. The van der Waals surface area contributed by atoms with Crippen molar-refractivity contribution in [3.8, 4) is 0 Å². The largest absolute Gasteiger partial charge is 0.481 e. The molecule has 0 radical (unpaired) electrons. The lowest BCUT2D eigenvalue weighted by Gasteiger charge is -2.28. The maximum absolute atomic E-state index is 12.0. The molecule has 1 aliphatic carbocycles. The first-order chi connectivity index (χ1) is 8.41. The predicted molar refractivity (Wildman–Crippen MR) is 64.5 cm³/mol. The number of hydrogen-bond donors (Lipinski definition) is 3. The Bertz CT molecular complexity index is 343. The van der Waals surface area contributed by atoms with Gasteiger partial charge in [0.2, 0.25) is 11.8 Å². The summed E-state index contributed by atoms with van der Waals surface area (Å²) in [5.74, 6) is -2.79. The first-order valence-electron chi connectivity index (χ1n) is 6.23. The zero-order valence-electron chi connectivity index (χ0n) is 10.5. The Hall–Kier alpha value is -1.59. The summed E-state index contributed by atoms with van der Waals surface area (Å²) in [4.78, 5) is 33.8. The van der Waals surface area contributed by atoms with Crippen molar-refractivity contribution in [3.63, 3.8) is 0 Å².